The second kappa shape index (κ2) is 7.13. The number of rotatable bonds is 6. The number of hydrogen-bond donors (Lipinski definition) is 1. The van der Waals surface area contributed by atoms with Crippen molar-refractivity contribution in [1.29, 1.82) is 0 Å². The third-order valence-corrected chi connectivity index (χ3v) is 3.38. The van der Waals surface area contributed by atoms with Crippen LogP contribution >= 0.6 is 0 Å². The molecule has 1 aromatic heterocycles. The molecule has 6 heteroatoms. The van der Waals surface area contributed by atoms with Gasteiger partial charge in [-0.15, -0.1) is 0 Å². The molecule has 1 N–H and O–H groups in total. The minimum Gasteiger partial charge on any atom is -0.381 e. The van der Waals surface area contributed by atoms with E-state index in [4.69, 9.17) is 4.74 Å². The smallest absolute Gasteiger partial charge is 0.317 e. The highest BCUT2D eigenvalue weighted by Gasteiger charge is 2.21. The zero-order chi connectivity index (χ0) is 13.5. The van der Waals surface area contributed by atoms with Crippen LogP contribution in [0.3, 0.4) is 0 Å². The molecular formula is C13H22N4O2. The van der Waals surface area contributed by atoms with E-state index in [2.05, 4.69) is 10.3 Å². The van der Waals surface area contributed by atoms with Gasteiger partial charge in [-0.05, 0) is 13.3 Å². The number of urea groups is 1. The van der Waals surface area contributed by atoms with Gasteiger partial charge in [0.2, 0.25) is 0 Å². The Hall–Kier alpha value is -1.56. The van der Waals surface area contributed by atoms with Crippen LogP contribution in [0.4, 0.5) is 4.79 Å². The van der Waals surface area contributed by atoms with E-state index in [1.54, 1.807) is 12.5 Å². The van der Waals surface area contributed by atoms with Crippen LogP contribution in [-0.4, -0.2) is 53.3 Å². The fourth-order valence-electron chi connectivity index (χ4n) is 2.22. The molecule has 1 aliphatic heterocycles. The molecular weight excluding hydrogens is 244 g/mol. The first kappa shape index (κ1) is 13.9. The summed E-state index contributed by atoms with van der Waals surface area (Å²) < 4.78 is 7.29. The van der Waals surface area contributed by atoms with E-state index >= 15 is 0 Å². The van der Waals surface area contributed by atoms with Crippen LogP contribution in [0.1, 0.15) is 13.3 Å². The molecule has 1 atom stereocenters. The lowest BCUT2D eigenvalue weighted by molar-refractivity contribution is 0.166. The summed E-state index contributed by atoms with van der Waals surface area (Å²) in [7, 11) is 0. The monoisotopic (exact) mass is 266 g/mol. The van der Waals surface area contributed by atoms with Gasteiger partial charge >= 0.3 is 6.03 Å². The quantitative estimate of drug-likeness (QED) is 0.834. The van der Waals surface area contributed by atoms with Gasteiger partial charge in [0.1, 0.15) is 0 Å². The van der Waals surface area contributed by atoms with Crippen molar-refractivity contribution < 1.29 is 9.53 Å². The van der Waals surface area contributed by atoms with E-state index < -0.39 is 0 Å². The summed E-state index contributed by atoms with van der Waals surface area (Å²) in [5.74, 6) is 0.486. The molecule has 0 bridgehead atoms. The third-order valence-electron chi connectivity index (χ3n) is 3.38. The molecule has 0 saturated carbocycles. The van der Waals surface area contributed by atoms with Gasteiger partial charge in [-0.1, -0.05) is 0 Å². The summed E-state index contributed by atoms with van der Waals surface area (Å²) in [6, 6.07) is 0.00881. The minimum absolute atomic E-state index is 0.00881. The Balaban J connectivity index is 1.70. The highest BCUT2D eigenvalue weighted by molar-refractivity contribution is 5.74. The Bertz CT molecular complexity index is 374. The number of carbonyl (C=O) groups is 1. The van der Waals surface area contributed by atoms with Gasteiger partial charge in [-0.3, -0.25) is 0 Å². The normalized spacial score (nSPS) is 18.5. The highest BCUT2D eigenvalue weighted by Crippen LogP contribution is 2.13. The summed E-state index contributed by atoms with van der Waals surface area (Å²) in [4.78, 5) is 17.9. The molecule has 2 amide bonds. The van der Waals surface area contributed by atoms with E-state index in [1.165, 1.54) is 0 Å². The number of aromatic nitrogens is 2. The van der Waals surface area contributed by atoms with Crippen LogP contribution in [0, 0.1) is 5.92 Å². The summed E-state index contributed by atoms with van der Waals surface area (Å²) in [6.45, 7) is 6.48. The molecule has 2 heterocycles. The standard InChI is InChI=1S/C13H22N4O2/c1-2-17(9-12-3-8-19-10-12)13(18)15-5-7-16-6-4-14-11-16/h4,6,11-12H,2-3,5,7-10H2,1H3,(H,15,18)/t12-/m0/s1. The molecule has 2 rings (SSSR count). The third kappa shape index (κ3) is 4.24. The Kier molecular flexibility index (Phi) is 5.20. The molecule has 1 aromatic rings. The van der Waals surface area contributed by atoms with Crippen molar-refractivity contribution in [2.45, 2.75) is 19.9 Å². The first-order chi connectivity index (χ1) is 9.29. The van der Waals surface area contributed by atoms with Crippen LogP contribution in [0.2, 0.25) is 0 Å². The van der Waals surface area contributed by atoms with Crippen molar-refractivity contribution >= 4 is 6.03 Å². The topological polar surface area (TPSA) is 59.4 Å². The molecule has 1 saturated heterocycles. The van der Waals surface area contributed by atoms with Gasteiger partial charge < -0.3 is 19.5 Å². The number of amides is 2. The number of nitrogens with zero attached hydrogens (tertiary/aromatic N) is 3. The van der Waals surface area contributed by atoms with E-state index in [-0.39, 0.29) is 6.03 Å². The van der Waals surface area contributed by atoms with Crippen LogP contribution in [0.15, 0.2) is 18.7 Å². The lowest BCUT2D eigenvalue weighted by atomic mass is 10.1. The van der Waals surface area contributed by atoms with Gasteiger partial charge in [0.05, 0.1) is 12.9 Å². The Labute approximate surface area is 113 Å². The fraction of sp³-hybridized carbons (Fsp3) is 0.692. The van der Waals surface area contributed by atoms with Gasteiger partial charge in [0, 0.05) is 51.1 Å². The SMILES string of the molecule is CCN(C[C@@H]1CCOC1)C(=O)NCCn1ccnc1. The van der Waals surface area contributed by atoms with E-state index in [0.29, 0.717) is 12.5 Å². The van der Waals surface area contributed by atoms with Crippen molar-refractivity contribution in [1.82, 2.24) is 19.8 Å². The highest BCUT2D eigenvalue weighted by atomic mass is 16.5. The van der Waals surface area contributed by atoms with Gasteiger partial charge in [0.25, 0.3) is 0 Å². The van der Waals surface area contributed by atoms with Gasteiger partial charge in [-0.25, -0.2) is 9.78 Å². The number of ether oxygens (including phenoxy) is 1. The molecule has 19 heavy (non-hydrogen) atoms. The van der Waals surface area contributed by atoms with Crippen molar-refractivity contribution in [3.05, 3.63) is 18.7 Å². The summed E-state index contributed by atoms with van der Waals surface area (Å²) in [6.07, 6.45) is 6.43. The Morgan fingerprint density at radius 2 is 2.53 bits per heavy atom. The summed E-state index contributed by atoms with van der Waals surface area (Å²) in [5.41, 5.74) is 0. The van der Waals surface area contributed by atoms with E-state index in [0.717, 1.165) is 39.3 Å². The average molecular weight is 266 g/mol. The van der Waals surface area contributed by atoms with Crippen LogP contribution in [0.5, 0.6) is 0 Å². The Morgan fingerprint density at radius 3 is 3.16 bits per heavy atom. The van der Waals surface area contributed by atoms with Crippen LogP contribution < -0.4 is 5.32 Å². The predicted molar refractivity (Wildman–Crippen MR) is 71.8 cm³/mol. The lowest BCUT2D eigenvalue weighted by Crippen LogP contribution is -2.43. The van der Waals surface area contributed by atoms with E-state index in [9.17, 15) is 4.79 Å². The molecule has 0 aliphatic carbocycles. The van der Waals surface area contributed by atoms with Gasteiger partial charge in [-0.2, -0.15) is 0 Å². The predicted octanol–water partition coefficient (Wildman–Crippen LogP) is 0.951. The maximum Gasteiger partial charge on any atom is 0.317 e. The van der Waals surface area contributed by atoms with Gasteiger partial charge in [0.15, 0.2) is 0 Å². The fourth-order valence-corrected chi connectivity index (χ4v) is 2.22. The zero-order valence-electron chi connectivity index (χ0n) is 11.4. The zero-order valence-corrected chi connectivity index (χ0v) is 11.4. The average Bonchev–Trinajstić information content (AvgIpc) is 3.08. The van der Waals surface area contributed by atoms with Crippen molar-refractivity contribution in [2.75, 3.05) is 32.8 Å². The van der Waals surface area contributed by atoms with Crippen LogP contribution in [0.25, 0.3) is 0 Å². The summed E-state index contributed by atoms with van der Waals surface area (Å²) in [5, 5.41) is 2.94. The maximum absolute atomic E-state index is 12.0. The molecule has 0 spiro atoms. The Morgan fingerprint density at radius 1 is 1.63 bits per heavy atom. The minimum atomic E-state index is 0.00881. The molecule has 0 radical (unpaired) electrons. The number of nitrogens with one attached hydrogen (secondary N) is 1. The number of hydrogen-bond acceptors (Lipinski definition) is 3. The van der Waals surface area contributed by atoms with Crippen LogP contribution in [-0.2, 0) is 11.3 Å². The molecule has 6 nitrogen and oxygen atoms in total. The molecule has 1 fully saturated rings. The van der Waals surface area contributed by atoms with Crippen molar-refractivity contribution in [3.8, 4) is 0 Å². The lowest BCUT2D eigenvalue weighted by Gasteiger charge is -2.24. The number of carbonyl (C=O) groups excluding carboxylic acids is 1. The van der Waals surface area contributed by atoms with E-state index in [1.807, 2.05) is 22.6 Å². The maximum atomic E-state index is 12.0. The number of imidazole rings is 1. The van der Waals surface area contributed by atoms with Crippen molar-refractivity contribution in [3.63, 3.8) is 0 Å². The summed E-state index contributed by atoms with van der Waals surface area (Å²) >= 11 is 0. The molecule has 1 aliphatic rings. The second-order valence-corrected chi connectivity index (χ2v) is 4.80. The molecule has 0 unspecified atom stereocenters. The largest absolute Gasteiger partial charge is 0.381 e. The van der Waals surface area contributed by atoms with Crippen molar-refractivity contribution in [2.24, 2.45) is 5.92 Å². The molecule has 106 valence electrons. The second-order valence-electron chi connectivity index (χ2n) is 4.80. The molecule has 0 aromatic carbocycles. The first-order valence-corrected chi connectivity index (χ1v) is 6.86. The first-order valence-electron chi connectivity index (χ1n) is 6.86.